The largest absolute Gasteiger partial charge is 0.494 e. The number of rotatable bonds is 3. The molecule has 0 fully saturated rings. The predicted molar refractivity (Wildman–Crippen MR) is 79.9 cm³/mol. The number of para-hydroxylation sites is 1. The number of fused-ring (bicyclic) bond motifs is 1. The number of aryl methyl sites for hydroxylation is 1. The third-order valence-corrected chi connectivity index (χ3v) is 3.60. The van der Waals surface area contributed by atoms with Crippen molar-refractivity contribution in [2.75, 3.05) is 7.11 Å². The van der Waals surface area contributed by atoms with Crippen LogP contribution in [0.25, 0.3) is 11.0 Å². The smallest absolute Gasteiger partial charge is 0.165 e. The Kier molecular flexibility index (Phi) is 3.39. The van der Waals surface area contributed by atoms with Crippen LogP contribution in [0.1, 0.15) is 22.9 Å². The van der Waals surface area contributed by atoms with E-state index in [9.17, 15) is 4.39 Å². The standard InChI is InChI=1S/C17H16FNO2/c1-10-4-3-5-12-9-15(21-17(10)12)16(19)11-6-7-13(18)14(8-11)20-2/h3-9,16H,19H2,1-2H3. The van der Waals surface area contributed by atoms with Crippen LogP contribution in [0.2, 0.25) is 0 Å². The van der Waals surface area contributed by atoms with E-state index in [0.717, 1.165) is 22.1 Å². The van der Waals surface area contributed by atoms with Crippen molar-refractivity contribution in [3.05, 3.63) is 65.2 Å². The van der Waals surface area contributed by atoms with Gasteiger partial charge in [-0.15, -0.1) is 0 Å². The first-order valence-electron chi connectivity index (χ1n) is 6.68. The number of benzene rings is 2. The molecule has 1 heterocycles. The Morgan fingerprint density at radius 1 is 1.19 bits per heavy atom. The second-order valence-corrected chi connectivity index (χ2v) is 5.01. The third-order valence-electron chi connectivity index (χ3n) is 3.60. The lowest BCUT2D eigenvalue weighted by Crippen LogP contribution is -2.11. The molecule has 2 aromatic carbocycles. The molecule has 3 aromatic rings. The maximum absolute atomic E-state index is 13.5. The Labute approximate surface area is 122 Å². The lowest BCUT2D eigenvalue weighted by molar-refractivity contribution is 0.385. The minimum Gasteiger partial charge on any atom is -0.494 e. The SMILES string of the molecule is COc1cc(C(N)c2cc3cccc(C)c3o2)ccc1F. The first-order valence-corrected chi connectivity index (χ1v) is 6.68. The third kappa shape index (κ3) is 2.38. The average molecular weight is 285 g/mol. The quantitative estimate of drug-likeness (QED) is 0.793. The lowest BCUT2D eigenvalue weighted by Gasteiger charge is -2.11. The summed E-state index contributed by atoms with van der Waals surface area (Å²) in [4.78, 5) is 0. The summed E-state index contributed by atoms with van der Waals surface area (Å²) in [7, 11) is 1.43. The summed E-state index contributed by atoms with van der Waals surface area (Å²) in [6.45, 7) is 1.99. The number of ether oxygens (including phenoxy) is 1. The van der Waals surface area contributed by atoms with E-state index >= 15 is 0 Å². The lowest BCUT2D eigenvalue weighted by atomic mass is 10.0. The molecule has 4 heteroatoms. The summed E-state index contributed by atoms with van der Waals surface area (Å²) >= 11 is 0. The Morgan fingerprint density at radius 2 is 2.00 bits per heavy atom. The molecule has 0 spiro atoms. The van der Waals surface area contributed by atoms with Gasteiger partial charge in [0, 0.05) is 5.39 Å². The second-order valence-electron chi connectivity index (χ2n) is 5.01. The Hall–Kier alpha value is -2.33. The summed E-state index contributed by atoms with van der Waals surface area (Å²) in [5.74, 6) is 0.414. The topological polar surface area (TPSA) is 48.4 Å². The van der Waals surface area contributed by atoms with Crippen LogP contribution in [0.15, 0.2) is 46.9 Å². The van der Waals surface area contributed by atoms with Gasteiger partial charge in [0.2, 0.25) is 0 Å². The minimum atomic E-state index is -0.466. The monoisotopic (exact) mass is 285 g/mol. The van der Waals surface area contributed by atoms with E-state index in [-0.39, 0.29) is 5.75 Å². The highest BCUT2D eigenvalue weighted by Gasteiger charge is 2.16. The van der Waals surface area contributed by atoms with Gasteiger partial charge in [0.1, 0.15) is 11.3 Å². The van der Waals surface area contributed by atoms with Gasteiger partial charge in [-0.3, -0.25) is 0 Å². The molecule has 1 unspecified atom stereocenters. The molecule has 0 aliphatic carbocycles. The van der Waals surface area contributed by atoms with Crippen LogP contribution < -0.4 is 10.5 Å². The van der Waals surface area contributed by atoms with Crippen molar-refractivity contribution < 1.29 is 13.5 Å². The van der Waals surface area contributed by atoms with Gasteiger partial charge in [-0.25, -0.2) is 4.39 Å². The number of halogens is 1. The minimum absolute atomic E-state index is 0.176. The molecule has 0 aliphatic heterocycles. The number of nitrogens with two attached hydrogens (primary N) is 1. The molecule has 3 nitrogen and oxygen atoms in total. The van der Waals surface area contributed by atoms with Crippen LogP contribution in [0.4, 0.5) is 4.39 Å². The van der Waals surface area contributed by atoms with Crippen LogP contribution in [-0.4, -0.2) is 7.11 Å². The first kappa shape index (κ1) is 13.6. The number of hydrogen-bond donors (Lipinski definition) is 1. The van der Waals surface area contributed by atoms with Gasteiger partial charge in [-0.2, -0.15) is 0 Å². The van der Waals surface area contributed by atoms with E-state index in [1.54, 1.807) is 12.1 Å². The summed E-state index contributed by atoms with van der Waals surface area (Å²) in [6.07, 6.45) is 0. The molecular weight excluding hydrogens is 269 g/mol. The fourth-order valence-electron chi connectivity index (χ4n) is 2.42. The van der Waals surface area contributed by atoms with Crippen molar-refractivity contribution in [2.45, 2.75) is 13.0 Å². The van der Waals surface area contributed by atoms with Crippen LogP contribution >= 0.6 is 0 Å². The van der Waals surface area contributed by atoms with E-state index in [0.29, 0.717) is 5.76 Å². The van der Waals surface area contributed by atoms with Crippen molar-refractivity contribution in [1.82, 2.24) is 0 Å². The normalized spacial score (nSPS) is 12.6. The summed E-state index contributed by atoms with van der Waals surface area (Å²) < 4.78 is 24.3. The van der Waals surface area contributed by atoms with E-state index < -0.39 is 11.9 Å². The van der Waals surface area contributed by atoms with E-state index in [1.807, 2.05) is 31.2 Å². The number of furan rings is 1. The van der Waals surface area contributed by atoms with Crippen LogP contribution in [-0.2, 0) is 0 Å². The van der Waals surface area contributed by atoms with Gasteiger partial charge in [-0.05, 0) is 36.2 Å². The molecule has 1 aromatic heterocycles. The molecule has 0 saturated heterocycles. The highest BCUT2D eigenvalue weighted by molar-refractivity contribution is 5.81. The van der Waals surface area contributed by atoms with Crippen molar-refractivity contribution in [3.63, 3.8) is 0 Å². The molecular formula is C17H16FNO2. The molecule has 21 heavy (non-hydrogen) atoms. The van der Waals surface area contributed by atoms with Gasteiger partial charge in [-0.1, -0.05) is 24.3 Å². The Bertz CT molecular complexity index is 795. The van der Waals surface area contributed by atoms with Gasteiger partial charge in [0.05, 0.1) is 13.2 Å². The molecule has 0 saturated carbocycles. The zero-order chi connectivity index (χ0) is 15.0. The zero-order valence-corrected chi connectivity index (χ0v) is 11.9. The van der Waals surface area contributed by atoms with Gasteiger partial charge < -0.3 is 14.9 Å². The Morgan fingerprint density at radius 3 is 2.71 bits per heavy atom. The summed E-state index contributed by atoms with van der Waals surface area (Å²) in [6, 6.07) is 12.0. The molecule has 108 valence electrons. The van der Waals surface area contributed by atoms with Gasteiger partial charge in [0.15, 0.2) is 11.6 Å². The molecule has 3 rings (SSSR count). The first-order chi connectivity index (χ1) is 10.1. The van der Waals surface area contributed by atoms with E-state index in [4.69, 9.17) is 14.9 Å². The number of methoxy groups -OCH3 is 1. The molecule has 0 bridgehead atoms. The highest BCUT2D eigenvalue weighted by Crippen LogP contribution is 2.30. The van der Waals surface area contributed by atoms with Gasteiger partial charge >= 0.3 is 0 Å². The zero-order valence-electron chi connectivity index (χ0n) is 11.9. The molecule has 0 radical (unpaired) electrons. The highest BCUT2D eigenvalue weighted by atomic mass is 19.1. The van der Waals surface area contributed by atoms with Crippen LogP contribution in [0.3, 0.4) is 0 Å². The molecule has 1 atom stereocenters. The summed E-state index contributed by atoms with van der Waals surface area (Å²) in [5, 5.41) is 1.01. The van der Waals surface area contributed by atoms with Crippen LogP contribution in [0, 0.1) is 12.7 Å². The second kappa shape index (κ2) is 5.22. The molecule has 0 aliphatic rings. The molecule has 2 N–H and O–H groups in total. The average Bonchev–Trinajstić information content (AvgIpc) is 2.92. The van der Waals surface area contributed by atoms with Crippen molar-refractivity contribution in [2.24, 2.45) is 5.73 Å². The van der Waals surface area contributed by atoms with Crippen LogP contribution in [0.5, 0.6) is 5.75 Å². The predicted octanol–water partition coefficient (Wildman–Crippen LogP) is 3.94. The van der Waals surface area contributed by atoms with Crippen molar-refractivity contribution >= 4 is 11.0 Å². The fraction of sp³-hybridized carbons (Fsp3) is 0.176. The molecule has 0 amide bonds. The van der Waals surface area contributed by atoms with Crippen molar-refractivity contribution in [3.8, 4) is 5.75 Å². The maximum atomic E-state index is 13.5. The van der Waals surface area contributed by atoms with Crippen molar-refractivity contribution in [1.29, 1.82) is 0 Å². The maximum Gasteiger partial charge on any atom is 0.165 e. The number of hydrogen-bond acceptors (Lipinski definition) is 3. The van der Waals surface area contributed by atoms with E-state index in [1.165, 1.54) is 13.2 Å². The Balaban J connectivity index is 2.03. The van der Waals surface area contributed by atoms with Gasteiger partial charge in [0.25, 0.3) is 0 Å². The van der Waals surface area contributed by atoms with E-state index in [2.05, 4.69) is 0 Å². The fourth-order valence-corrected chi connectivity index (χ4v) is 2.42. The summed E-state index contributed by atoms with van der Waals surface area (Å²) in [5.41, 5.74) is 8.86.